The van der Waals surface area contributed by atoms with E-state index in [9.17, 15) is 10.2 Å². The molecule has 0 fully saturated rings. The first kappa shape index (κ1) is 18.9. The molecule has 0 bridgehead atoms. The predicted molar refractivity (Wildman–Crippen MR) is 128 cm³/mol. The van der Waals surface area contributed by atoms with Crippen LogP contribution < -0.4 is 15.9 Å². The van der Waals surface area contributed by atoms with E-state index in [4.69, 9.17) is 11.6 Å². The number of phenols is 2. The lowest BCUT2D eigenvalue weighted by Crippen LogP contribution is -2.21. The van der Waals surface area contributed by atoms with Crippen molar-refractivity contribution in [3.8, 4) is 11.5 Å². The normalized spacial score (nSPS) is 11.4. The van der Waals surface area contributed by atoms with Crippen molar-refractivity contribution < 1.29 is 10.2 Å². The fourth-order valence-corrected chi connectivity index (χ4v) is 6.57. The summed E-state index contributed by atoms with van der Waals surface area (Å²) in [4.78, 5) is 0. The number of aromatic hydroxyl groups is 2. The van der Waals surface area contributed by atoms with Crippen LogP contribution in [0.3, 0.4) is 0 Å². The lowest BCUT2D eigenvalue weighted by atomic mass is 10.1. The van der Waals surface area contributed by atoms with E-state index in [-0.39, 0.29) is 11.5 Å². The SMILES string of the molecule is Oc1c(P(c2cccc(Cl)c2)c2ccc3ccccc3c2O)ccc2ccccc12. The van der Waals surface area contributed by atoms with Gasteiger partial charge in [0.1, 0.15) is 11.5 Å². The molecule has 5 rings (SSSR count). The van der Waals surface area contributed by atoms with Crippen LogP contribution in [0, 0.1) is 0 Å². The quantitative estimate of drug-likeness (QED) is 0.356. The van der Waals surface area contributed by atoms with Crippen molar-refractivity contribution in [3.63, 3.8) is 0 Å². The Morgan fingerprint density at radius 3 is 1.63 bits per heavy atom. The first-order chi connectivity index (χ1) is 14.6. The molecule has 0 atom stereocenters. The molecule has 0 saturated heterocycles. The fraction of sp³-hybridized carbons (Fsp3) is 0. The van der Waals surface area contributed by atoms with Crippen molar-refractivity contribution in [3.05, 3.63) is 102 Å². The molecule has 0 amide bonds. The number of hydrogen-bond acceptors (Lipinski definition) is 2. The highest BCUT2D eigenvalue weighted by atomic mass is 35.5. The Morgan fingerprint density at radius 2 is 1.10 bits per heavy atom. The van der Waals surface area contributed by atoms with E-state index >= 15 is 0 Å². The Hall–Kier alpha value is -3.06. The topological polar surface area (TPSA) is 40.5 Å². The standard InChI is InChI=1S/C26H18ClO2P/c27-19-8-5-9-20(16-19)30(23-14-12-17-6-1-3-10-21(17)25(23)28)24-15-13-18-7-2-4-11-22(18)26(24)29/h1-16,28-29H. The molecule has 0 aromatic heterocycles. The minimum Gasteiger partial charge on any atom is -0.507 e. The Kier molecular flexibility index (Phi) is 4.83. The van der Waals surface area contributed by atoms with Gasteiger partial charge in [-0.2, -0.15) is 0 Å². The van der Waals surface area contributed by atoms with Crippen LogP contribution in [0.1, 0.15) is 0 Å². The van der Waals surface area contributed by atoms with Crippen LogP contribution in [-0.4, -0.2) is 10.2 Å². The average molecular weight is 429 g/mol. The molecule has 0 heterocycles. The number of benzene rings is 5. The van der Waals surface area contributed by atoms with Gasteiger partial charge < -0.3 is 10.2 Å². The highest BCUT2D eigenvalue weighted by Gasteiger charge is 2.24. The van der Waals surface area contributed by atoms with Gasteiger partial charge in [-0.25, -0.2) is 0 Å². The van der Waals surface area contributed by atoms with Gasteiger partial charge in [0.25, 0.3) is 0 Å². The van der Waals surface area contributed by atoms with E-state index in [1.54, 1.807) is 0 Å². The van der Waals surface area contributed by atoms with Crippen LogP contribution in [0.15, 0.2) is 97.1 Å². The van der Waals surface area contributed by atoms with Crippen molar-refractivity contribution in [2.45, 2.75) is 0 Å². The third kappa shape index (κ3) is 3.19. The largest absolute Gasteiger partial charge is 0.507 e. The highest BCUT2D eigenvalue weighted by molar-refractivity contribution is 7.80. The average Bonchev–Trinajstić information content (AvgIpc) is 2.77. The third-order valence-corrected chi connectivity index (χ3v) is 8.02. The van der Waals surface area contributed by atoms with Gasteiger partial charge in [0.2, 0.25) is 0 Å². The first-order valence-corrected chi connectivity index (χ1v) is 11.3. The van der Waals surface area contributed by atoms with Crippen molar-refractivity contribution in [2.24, 2.45) is 0 Å². The zero-order chi connectivity index (χ0) is 20.7. The zero-order valence-corrected chi connectivity index (χ0v) is 17.6. The number of hydrogen-bond donors (Lipinski definition) is 2. The molecule has 5 aromatic rings. The lowest BCUT2D eigenvalue weighted by Gasteiger charge is -2.23. The van der Waals surface area contributed by atoms with Crippen LogP contribution in [0.4, 0.5) is 0 Å². The van der Waals surface area contributed by atoms with Crippen LogP contribution in [0.25, 0.3) is 21.5 Å². The second-order valence-corrected chi connectivity index (χ2v) is 9.71. The predicted octanol–water partition coefficient (Wildman–Crippen LogP) is 5.82. The van der Waals surface area contributed by atoms with Crippen molar-refractivity contribution in [2.75, 3.05) is 0 Å². The van der Waals surface area contributed by atoms with Gasteiger partial charge in [-0.15, -0.1) is 0 Å². The molecule has 0 unspecified atom stereocenters. The summed E-state index contributed by atoms with van der Waals surface area (Å²) < 4.78 is 0. The summed E-state index contributed by atoms with van der Waals surface area (Å²) in [6.45, 7) is 0. The van der Waals surface area contributed by atoms with Crippen LogP contribution in [0.5, 0.6) is 11.5 Å². The number of phenolic OH excluding ortho intramolecular Hbond substituents is 2. The Balaban J connectivity index is 1.82. The minimum atomic E-state index is -1.23. The zero-order valence-electron chi connectivity index (χ0n) is 16.0. The fourth-order valence-electron chi connectivity index (χ4n) is 3.87. The van der Waals surface area contributed by atoms with E-state index in [0.717, 1.165) is 37.5 Å². The first-order valence-electron chi connectivity index (χ1n) is 9.60. The van der Waals surface area contributed by atoms with E-state index in [1.165, 1.54) is 0 Å². The van der Waals surface area contributed by atoms with Gasteiger partial charge in [-0.1, -0.05) is 84.4 Å². The number of fused-ring (bicyclic) bond motifs is 2. The molecule has 146 valence electrons. The Bertz CT molecular complexity index is 1310. The van der Waals surface area contributed by atoms with E-state index < -0.39 is 7.92 Å². The number of rotatable bonds is 3. The molecule has 0 saturated carbocycles. The van der Waals surface area contributed by atoms with E-state index in [0.29, 0.717) is 5.02 Å². The Labute approximate surface area is 180 Å². The van der Waals surface area contributed by atoms with Crippen molar-refractivity contribution >= 4 is 57.0 Å². The Morgan fingerprint density at radius 1 is 0.567 bits per heavy atom. The summed E-state index contributed by atoms with van der Waals surface area (Å²) in [5.41, 5.74) is 0. The highest BCUT2D eigenvalue weighted by Crippen LogP contribution is 2.43. The van der Waals surface area contributed by atoms with Crippen molar-refractivity contribution in [1.82, 2.24) is 0 Å². The molecule has 0 aliphatic carbocycles. The van der Waals surface area contributed by atoms with E-state index in [1.807, 2.05) is 97.1 Å². The summed E-state index contributed by atoms with van der Waals surface area (Å²) in [7, 11) is -1.23. The maximum Gasteiger partial charge on any atom is 0.131 e. The molecule has 0 aliphatic rings. The molecular weight excluding hydrogens is 411 g/mol. The van der Waals surface area contributed by atoms with Gasteiger partial charge in [0.05, 0.1) is 0 Å². The molecular formula is C26H18ClO2P. The molecule has 2 N–H and O–H groups in total. The maximum atomic E-state index is 11.2. The lowest BCUT2D eigenvalue weighted by molar-refractivity contribution is 0.485. The molecule has 5 aromatic carbocycles. The molecule has 0 spiro atoms. The summed E-state index contributed by atoms with van der Waals surface area (Å²) >= 11 is 6.32. The maximum absolute atomic E-state index is 11.2. The van der Waals surface area contributed by atoms with Gasteiger partial charge in [-0.05, 0) is 48.3 Å². The molecule has 4 heteroatoms. The smallest absolute Gasteiger partial charge is 0.131 e. The van der Waals surface area contributed by atoms with Gasteiger partial charge in [-0.3, -0.25) is 0 Å². The molecule has 0 radical (unpaired) electrons. The number of halogens is 1. The summed E-state index contributed by atoms with van der Waals surface area (Å²) in [6.07, 6.45) is 0. The summed E-state index contributed by atoms with van der Waals surface area (Å²) in [6, 6.07) is 31.1. The summed E-state index contributed by atoms with van der Waals surface area (Å²) in [5.74, 6) is 0.485. The van der Waals surface area contributed by atoms with Gasteiger partial charge in [0, 0.05) is 26.4 Å². The van der Waals surface area contributed by atoms with Crippen LogP contribution in [0.2, 0.25) is 5.02 Å². The molecule has 2 nitrogen and oxygen atoms in total. The molecule has 0 aliphatic heterocycles. The second kappa shape index (κ2) is 7.65. The second-order valence-electron chi connectivity index (χ2n) is 7.12. The minimum absolute atomic E-state index is 0.242. The monoisotopic (exact) mass is 428 g/mol. The van der Waals surface area contributed by atoms with Crippen LogP contribution >= 0.6 is 19.5 Å². The molecule has 30 heavy (non-hydrogen) atoms. The van der Waals surface area contributed by atoms with Gasteiger partial charge >= 0.3 is 0 Å². The van der Waals surface area contributed by atoms with Gasteiger partial charge in [0.15, 0.2) is 0 Å². The van der Waals surface area contributed by atoms with Crippen LogP contribution in [-0.2, 0) is 0 Å². The third-order valence-electron chi connectivity index (χ3n) is 5.31. The summed E-state index contributed by atoms with van der Waals surface area (Å²) in [5, 5.41) is 29.1. The van der Waals surface area contributed by atoms with Crippen molar-refractivity contribution in [1.29, 1.82) is 0 Å². The van der Waals surface area contributed by atoms with E-state index in [2.05, 4.69) is 0 Å².